The minimum atomic E-state index is 0.127. The maximum absolute atomic E-state index is 2.54. The van der Waals surface area contributed by atoms with E-state index < -0.39 is 0 Å². The molecule has 1 nitrogen and oxygen atoms in total. The van der Waals surface area contributed by atoms with Gasteiger partial charge in [0.1, 0.15) is 0 Å². The normalized spacial score (nSPS) is 12.8. The largest absolute Gasteiger partial charge is 0.313 e. The summed E-state index contributed by atoms with van der Waals surface area (Å²) in [6, 6.07) is 64.7. The lowest BCUT2D eigenvalue weighted by Crippen LogP contribution is -2.64. The van der Waals surface area contributed by atoms with E-state index in [2.05, 4.69) is 181 Å². The van der Waals surface area contributed by atoms with Crippen LogP contribution in [0.1, 0.15) is 0 Å². The van der Waals surface area contributed by atoms with Gasteiger partial charge in [0.2, 0.25) is 13.4 Å². The summed E-state index contributed by atoms with van der Waals surface area (Å²) >= 11 is 0. The Morgan fingerprint density at radius 2 is 0.778 bits per heavy atom. The van der Waals surface area contributed by atoms with Crippen molar-refractivity contribution in [2.75, 3.05) is 4.90 Å². The van der Waals surface area contributed by atoms with E-state index >= 15 is 0 Å². The first kappa shape index (κ1) is 25.9. The fraction of sp³-hybridized carbons (Fsp3) is 0. The van der Waals surface area contributed by atoms with Crippen molar-refractivity contribution < 1.29 is 0 Å². The SMILES string of the molecule is c1ccc(B2c3cc(-c4ccccc4)ccc3N3c4ccccc4B(c4ccc(-c5ccccc5)cc4)c4cccc2c43)cc1. The monoisotopic (exact) mass is 569 g/mol. The third kappa shape index (κ3) is 4.19. The third-order valence-corrected chi connectivity index (χ3v) is 9.60. The van der Waals surface area contributed by atoms with E-state index in [1.165, 1.54) is 72.1 Å². The van der Waals surface area contributed by atoms with Gasteiger partial charge in [-0.2, -0.15) is 0 Å². The van der Waals surface area contributed by atoms with Gasteiger partial charge in [0, 0.05) is 17.1 Å². The quantitative estimate of drug-likeness (QED) is 0.230. The highest BCUT2D eigenvalue weighted by Crippen LogP contribution is 2.38. The minimum absolute atomic E-state index is 0.127. The molecular formula is C42H29B2N. The van der Waals surface area contributed by atoms with Gasteiger partial charge in [-0.3, -0.25) is 0 Å². The summed E-state index contributed by atoms with van der Waals surface area (Å²) in [4.78, 5) is 2.54. The van der Waals surface area contributed by atoms with E-state index in [0.29, 0.717) is 0 Å². The summed E-state index contributed by atoms with van der Waals surface area (Å²) in [7, 11) is 0. The molecule has 3 heteroatoms. The lowest BCUT2D eigenvalue weighted by molar-refractivity contribution is 1.30. The first-order valence-corrected chi connectivity index (χ1v) is 15.8. The molecule has 0 saturated carbocycles. The van der Waals surface area contributed by atoms with Gasteiger partial charge >= 0.3 is 0 Å². The zero-order chi connectivity index (χ0) is 29.7. The Balaban J connectivity index is 1.27. The van der Waals surface area contributed by atoms with E-state index in [0.717, 1.165) is 0 Å². The van der Waals surface area contributed by atoms with Crippen LogP contribution in [-0.4, -0.2) is 13.4 Å². The molecule has 0 unspecified atom stereocenters. The van der Waals surface area contributed by atoms with Crippen LogP contribution in [-0.2, 0) is 0 Å². The number of fused-ring (bicyclic) bond motifs is 4. The topological polar surface area (TPSA) is 3.24 Å². The highest BCUT2D eigenvalue weighted by atomic mass is 15.2. The Morgan fingerprint density at radius 1 is 0.311 bits per heavy atom. The van der Waals surface area contributed by atoms with Crippen molar-refractivity contribution in [2.45, 2.75) is 0 Å². The summed E-state index contributed by atoms with van der Waals surface area (Å²) < 4.78 is 0. The molecule has 9 rings (SSSR count). The van der Waals surface area contributed by atoms with Crippen molar-refractivity contribution in [3.63, 3.8) is 0 Å². The number of rotatable bonds is 4. The molecule has 0 aliphatic carbocycles. The predicted molar refractivity (Wildman–Crippen MR) is 194 cm³/mol. The lowest BCUT2D eigenvalue weighted by Gasteiger charge is -2.44. The second kappa shape index (κ2) is 10.6. The molecule has 7 aromatic carbocycles. The molecule has 0 amide bonds. The fourth-order valence-corrected chi connectivity index (χ4v) is 7.61. The second-order valence-corrected chi connectivity index (χ2v) is 12.1. The number of hydrogen-bond donors (Lipinski definition) is 0. The van der Waals surface area contributed by atoms with Gasteiger partial charge < -0.3 is 4.90 Å². The van der Waals surface area contributed by atoms with Gasteiger partial charge in [-0.25, -0.2) is 0 Å². The Hall–Kier alpha value is -5.53. The molecule has 0 saturated heterocycles. The van der Waals surface area contributed by atoms with Crippen LogP contribution in [0.3, 0.4) is 0 Å². The third-order valence-electron chi connectivity index (χ3n) is 9.60. The van der Waals surface area contributed by atoms with Gasteiger partial charge in [-0.15, -0.1) is 0 Å². The fourth-order valence-electron chi connectivity index (χ4n) is 7.61. The average Bonchev–Trinajstić information content (AvgIpc) is 3.12. The Labute approximate surface area is 265 Å². The molecule has 0 spiro atoms. The number of para-hydroxylation sites is 2. The van der Waals surface area contributed by atoms with Gasteiger partial charge in [-0.1, -0.05) is 175 Å². The second-order valence-electron chi connectivity index (χ2n) is 12.1. The average molecular weight is 569 g/mol. The molecule has 2 aliphatic rings. The summed E-state index contributed by atoms with van der Waals surface area (Å²) in [5.41, 5.74) is 16.8. The Bertz CT molecular complexity index is 2160. The van der Waals surface area contributed by atoms with E-state index in [1.807, 2.05) is 0 Å². The molecule has 0 fully saturated rings. The van der Waals surface area contributed by atoms with Crippen LogP contribution < -0.4 is 37.7 Å². The van der Waals surface area contributed by atoms with E-state index in [4.69, 9.17) is 0 Å². The maximum atomic E-state index is 2.54. The Morgan fingerprint density at radius 3 is 1.47 bits per heavy atom. The summed E-state index contributed by atoms with van der Waals surface area (Å²) in [5.74, 6) is 0. The van der Waals surface area contributed by atoms with Crippen LogP contribution in [0.15, 0.2) is 176 Å². The summed E-state index contributed by atoms with van der Waals surface area (Å²) in [6.45, 7) is 0.265. The zero-order valence-corrected chi connectivity index (χ0v) is 24.8. The smallest absolute Gasteiger partial charge is 0.246 e. The standard InChI is InChI=1S/C42H29B2N/c1-4-13-30(14-5-1)32-23-26-35(27-24-32)43-36-19-10-11-22-40(36)45-41-28-25-33(31-15-6-2-7-16-31)29-39(41)44(34-17-8-3-9-18-34)38-21-12-20-37(43)42(38)45/h1-29H. The van der Waals surface area contributed by atoms with Crippen LogP contribution in [0, 0.1) is 0 Å². The molecule has 0 bridgehead atoms. The van der Waals surface area contributed by atoms with Gasteiger partial charge in [0.25, 0.3) is 0 Å². The first-order valence-electron chi connectivity index (χ1n) is 15.8. The molecule has 0 N–H and O–H groups in total. The van der Waals surface area contributed by atoms with E-state index in [-0.39, 0.29) is 13.4 Å². The molecule has 0 radical (unpaired) electrons. The molecule has 2 heterocycles. The van der Waals surface area contributed by atoms with Gasteiger partial charge in [0.15, 0.2) is 0 Å². The molecule has 7 aromatic rings. The van der Waals surface area contributed by atoms with Crippen LogP contribution >= 0.6 is 0 Å². The van der Waals surface area contributed by atoms with Gasteiger partial charge in [-0.05, 0) is 56.2 Å². The zero-order valence-electron chi connectivity index (χ0n) is 24.8. The maximum Gasteiger partial charge on any atom is 0.246 e. The van der Waals surface area contributed by atoms with Crippen LogP contribution in [0.4, 0.5) is 17.1 Å². The molecule has 208 valence electrons. The highest BCUT2D eigenvalue weighted by molar-refractivity contribution is 7.02. The van der Waals surface area contributed by atoms with Crippen LogP contribution in [0.2, 0.25) is 0 Å². The van der Waals surface area contributed by atoms with E-state index in [9.17, 15) is 0 Å². The van der Waals surface area contributed by atoms with Crippen molar-refractivity contribution >= 4 is 63.3 Å². The van der Waals surface area contributed by atoms with Crippen molar-refractivity contribution in [3.05, 3.63) is 176 Å². The number of benzene rings is 7. The number of nitrogens with zero attached hydrogens (tertiary/aromatic N) is 1. The van der Waals surface area contributed by atoms with E-state index in [1.54, 1.807) is 0 Å². The van der Waals surface area contributed by atoms with Crippen molar-refractivity contribution in [1.29, 1.82) is 0 Å². The molecule has 0 atom stereocenters. The summed E-state index contributed by atoms with van der Waals surface area (Å²) in [5, 5.41) is 0. The predicted octanol–water partition coefficient (Wildman–Crippen LogP) is 6.15. The summed E-state index contributed by atoms with van der Waals surface area (Å²) in [6.07, 6.45) is 0. The van der Waals surface area contributed by atoms with Crippen molar-refractivity contribution in [2.24, 2.45) is 0 Å². The lowest BCUT2D eigenvalue weighted by atomic mass is 9.30. The number of hydrogen-bond acceptors (Lipinski definition) is 1. The molecular weight excluding hydrogens is 540 g/mol. The Kier molecular flexibility index (Phi) is 6.09. The first-order chi connectivity index (χ1) is 22.3. The highest BCUT2D eigenvalue weighted by Gasteiger charge is 2.43. The molecule has 45 heavy (non-hydrogen) atoms. The van der Waals surface area contributed by atoms with Crippen molar-refractivity contribution in [3.8, 4) is 22.3 Å². The molecule has 0 aromatic heterocycles. The van der Waals surface area contributed by atoms with Crippen LogP contribution in [0.5, 0.6) is 0 Å². The number of anilines is 3. The van der Waals surface area contributed by atoms with Crippen molar-refractivity contribution in [1.82, 2.24) is 0 Å². The molecule has 2 aliphatic heterocycles. The van der Waals surface area contributed by atoms with Crippen LogP contribution in [0.25, 0.3) is 22.3 Å². The van der Waals surface area contributed by atoms with Gasteiger partial charge in [0.05, 0.1) is 0 Å². The minimum Gasteiger partial charge on any atom is -0.313 e.